The first-order valence-electron chi connectivity index (χ1n) is 7.19. The maximum atomic E-state index is 12.0. The van der Waals surface area contributed by atoms with Gasteiger partial charge >= 0.3 is 0 Å². The number of halogens is 1. The number of rotatable bonds is 3. The highest BCUT2D eigenvalue weighted by atomic mass is 35.5. The lowest BCUT2D eigenvalue weighted by atomic mass is 10.1. The number of benzene rings is 1. The number of anilines is 2. The highest BCUT2D eigenvalue weighted by molar-refractivity contribution is 6.33. The third kappa shape index (κ3) is 4.63. The van der Waals surface area contributed by atoms with E-state index < -0.39 is 0 Å². The molecule has 2 amide bonds. The number of nitrogen functional groups attached to an aromatic ring is 1. The first-order chi connectivity index (χ1) is 10.1. The molecule has 0 aliphatic carbocycles. The molecule has 0 saturated carbocycles. The second kappa shape index (κ2) is 7.31. The lowest BCUT2D eigenvalue weighted by Gasteiger charge is -2.24. The molecule has 5 nitrogen and oxygen atoms in total. The van der Waals surface area contributed by atoms with Gasteiger partial charge in [-0.05, 0) is 31.0 Å². The van der Waals surface area contributed by atoms with Crippen LogP contribution in [0.1, 0.15) is 32.1 Å². The molecule has 1 aromatic carbocycles. The van der Waals surface area contributed by atoms with Crippen LogP contribution in [0, 0.1) is 0 Å². The average Bonchev–Trinajstić information content (AvgIpc) is 2.43. The van der Waals surface area contributed by atoms with Crippen molar-refractivity contribution in [3.05, 3.63) is 23.2 Å². The van der Waals surface area contributed by atoms with Crippen molar-refractivity contribution in [1.82, 2.24) is 4.90 Å². The second-order valence-electron chi connectivity index (χ2n) is 5.26. The van der Waals surface area contributed by atoms with Crippen LogP contribution >= 0.6 is 11.6 Å². The Balaban J connectivity index is 1.93. The molecule has 0 radical (unpaired) electrons. The van der Waals surface area contributed by atoms with Gasteiger partial charge in [0.05, 0.1) is 17.3 Å². The Morgan fingerprint density at radius 2 is 2.05 bits per heavy atom. The van der Waals surface area contributed by atoms with E-state index in [0.29, 0.717) is 29.4 Å². The summed E-state index contributed by atoms with van der Waals surface area (Å²) in [6.07, 6.45) is 4.59. The van der Waals surface area contributed by atoms with Gasteiger partial charge in [0.15, 0.2) is 0 Å². The summed E-state index contributed by atoms with van der Waals surface area (Å²) in [5, 5.41) is 3.19. The summed E-state index contributed by atoms with van der Waals surface area (Å²) in [5.41, 5.74) is 6.69. The van der Waals surface area contributed by atoms with E-state index in [9.17, 15) is 9.59 Å². The lowest BCUT2D eigenvalue weighted by molar-refractivity contribution is -0.135. The molecule has 0 spiro atoms. The molecule has 0 unspecified atom stereocenters. The third-order valence-corrected chi connectivity index (χ3v) is 3.88. The van der Waals surface area contributed by atoms with Crippen molar-refractivity contribution >= 4 is 34.8 Å². The van der Waals surface area contributed by atoms with Gasteiger partial charge < -0.3 is 16.0 Å². The standard InChI is InChI=1S/C15H20ClN3O2/c16-12-7-6-11(9-13(12)17)18-14(20)10-19-8-4-2-1-3-5-15(19)21/h6-7,9H,1-5,8,10,17H2,(H,18,20). The van der Waals surface area contributed by atoms with E-state index in [1.165, 1.54) is 0 Å². The zero-order valence-electron chi connectivity index (χ0n) is 11.9. The molecule has 0 bridgehead atoms. The molecule has 0 aromatic heterocycles. The van der Waals surface area contributed by atoms with Crippen LogP contribution in [-0.4, -0.2) is 29.8 Å². The smallest absolute Gasteiger partial charge is 0.243 e. The summed E-state index contributed by atoms with van der Waals surface area (Å²) in [5.74, 6) is -0.161. The second-order valence-corrected chi connectivity index (χ2v) is 5.67. The fourth-order valence-corrected chi connectivity index (χ4v) is 2.50. The predicted octanol–water partition coefficient (Wildman–Crippen LogP) is 2.65. The van der Waals surface area contributed by atoms with Crippen molar-refractivity contribution in [2.75, 3.05) is 24.1 Å². The monoisotopic (exact) mass is 309 g/mol. The van der Waals surface area contributed by atoms with Gasteiger partial charge in [0.25, 0.3) is 0 Å². The van der Waals surface area contributed by atoms with E-state index in [1.807, 2.05) is 0 Å². The van der Waals surface area contributed by atoms with Crippen LogP contribution in [0.3, 0.4) is 0 Å². The van der Waals surface area contributed by atoms with Crippen LogP contribution in [0.4, 0.5) is 11.4 Å². The number of carbonyl (C=O) groups is 2. The van der Waals surface area contributed by atoms with Gasteiger partial charge in [-0.2, -0.15) is 0 Å². The van der Waals surface area contributed by atoms with Gasteiger partial charge in [-0.25, -0.2) is 0 Å². The number of hydrogen-bond acceptors (Lipinski definition) is 3. The molecule has 0 atom stereocenters. The van der Waals surface area contributed by atoms with Crippen molar-refractivity contribution in [3.8, 4) is 0 Å². The Morgan fingerprint density at radius 1 is 1.29 bits per heavy atom. The van der Waals surface area contributed by atoms with E-state index in [4.69, 9.17) is 17.3 Å². The van der Waals surface area contributed by atoms with E-state index in [2.05, 4.69) is 5.32 Å². The Kier molecular flexibility index (Phi) is 5.44. The molecule has 1 aromatic rings. The molecular formula is C15H20ClN3O2. The molecule has 1 saturated heterocycles. The van der Waals surface area contributed by atoms with Gasteiger partial charge in [0.1, 0.15) is 0 Å². The highest BCUT2D eigenvalue weighted by Gasteiger charge is 2.18. The molecule has 1 aliphatic heterocycles. The van der Waals surface area contributed by atoms with Crippen molar-refractivity contribution in [2.45, 2.75) is 32.1 Å². The van der Waals surface area contributed by atoms with Gasteiger partial charge in [-0.15, -0.1) is 0 Å². The van der Waals surface area contributed by atoms with Crippen molar-refractivity contribution < 1.29 is 9.59 Å². The van der Waals surface area contributed by atoms with Crippen LogP contribution in [0.15, 0.2) is 18.2 Å². The van der Waals surface area contributed by atoms with Crippen LogP contribution < -0.4 is 11.1 Å². The van der Waals surface area contributed by atoms with Gasteiger partial charge in [0, 0.05) is 18.7 Å². The highest BCUT2D eigenvalue weighted by Crippen LogP contribution is 2.22. The quantitative estimate of drug-likeness (QED) is 0.843. The van der Waals surface area contributed by atoms with Gasteiger partial charge in [-0.1, -0.05) is 24.4 Å². The van der Waals surface area contributed by atoms with E-state index in [1.54, 1.807) is 23.1 Å². The van der Waals surface area contributed by atoms with Gasteiger partial charge in [0.2, 0.25) is 11.8 Å². The van der Waals surface area contributed by atoms with E-state index in [0.717, 1.165) is 25.7 Å². The zero-order valence-corrected chi connectivity index (χ0v) is 12.7. The summed E-state index contributed by atoms with van der Waals surface area (Å²) >= 11 is 5.83. The zero-order chi connectivity index (χ0) is 15.2. The molecule has 6 heteroatoms. The Morgan fingerprint density at radius 3 is 2.81 bits per heavy atom. The number of carbonyl (C=O) groups excluding carboxylic acids is 2. The first kappa shape index (κ1) is 15.6. The summed E-state index contributed by atoms with van der Waals surface area (Å²) in [7, 11) is 0. The predicted molar refractivity (Wildman–Crippen MR) is 84.2 cm³/mol. The Bertz CT molecular complexity index is 534. The van der Waals surface area contributed by atoms with Crippen LogP contribution in [0.2, 0.25) is 5.02 Å². The lowest BCUT2D eigenvalue weighted by Crippen LogP contribution is -2.39. The molecule has 1 heterocycles. The van der Waals surface area contributed by atoms with Gasteiger partial charge in [-0.3, -0.25) is 9.59 Å². The molecule has 21 heavy (non-hydrogen) atoms. The summed E-state index contributed by atoms with van der Waals surface area (Å²) in [6.45, 7) is 0.733. The molecule has 2 rings (SSSR count). The molecule has 3 N–H and O–H groups in total. The fourth-order valence-electron chi connectivity index (χ4n) is 2.38. The Labute approximate surface area is 129 Å². The molecule has 114 valence electrons. The van der Waals surface area contributed by atoms with E-state index >= 15 is 0 Å². The fraction of sp³-hybridized carbons (Fsp3) is 0.467. The molecule has 1 aliphatic rings. The summed E-state index contributed by atoms with van der Waals surface area (Å²) in [4.78, 5) is 25.6. The van der Waals surface area contributed by atoms with E-state index in [-0.39, 0.29) is 18.4 Å². The number of nitrogens with one attached hydrogen (secondary N) is 1. The summed E-state index contributed by atoms with van der Waals surface area (Å²) < 4.78 is 0. The minimum atomic E-state index is -0.217. The minimum absolute atomic E-state index is 0.0560. The van der Waals surface area contributed by atoms with Crippen LogP contribution in [0.5, 0.6) is 0 Å². The number of amides is 2. The first-order valence-corrected chi connectivity index (χ1v) is 7.57. The van der Waals surface area contributed by atoms with Crippen molar-refractivity contribution in [1.29, 1.82) is 0 Å². The van der Waals surface area contributed by atoms with Crippen LogP contribution in [0.25, 0.3) is 0 Å². The largest absolute Gasteiger partial charge is 0.397 e. The van der Waals surface area contributed by atoms with Crippen molar-refractivity contribution in [3.63, 3.8) is 0 Å². The topological polar surface area (TPSA) is 75.4 Å². The normalized spacial score (nSPS) is 16.2. The number of nitrogens with two attached hydrogens (primary N) is 1. The SMILES string of the molecule is Nc1cc(NC(=O)CN2CCCCCCC2=O)ccc1Cl. The number of likely N-dealkylation sites (tertiary alicyclic amines) is 1. The maximum absolute atomic E-state index is 12.0. The summed E-state index contributed by atoms with van der Waals surface area (Å²) in [6, 6.07) is 4.93. The third-order valence-electron chi connectivity index (χ3n) is 3.54. The average molecular weight is 310 g/mol. The Hall–Kier alpha value is -1.75. The molecular weight excluding hydrogens is 290 g/mol. The van der Waals surface area contributed by atoms with Crippen molar-refractivity contribution in [2.24, 2.45) is 0 Å². The minimum Gasteiger partial charge on any atom is -0.397 e. The number of nitrogens with zero attached hydrogens (tertiary/aromatic N) is 1. The maximum Gasteiger partial charge on any atom is 0.243 e. The number of hydrogen-bond donors (Lipinski definition) is 2. The molecule has 1 fully saturated rings. The van der Waals surface area contributed by atoms with Crippen LogP contribution in [-0.2, 0) is 9.59 Å².